The first-order valence-electron chi connectivity index (χ1n) is 9.80. The molecule has 1 fully saturated rings. The summed E-state index contributed by atoms with van der Waals surface area (Å²) in [6.45, 7) is 1.38. The molecule has 0 bridgehead atoms. The Hall–Kier alpha value is -3.12. The van der Waals surface area contributed by atoms with E-state index in [1.54, 1.807) is 36.3 Å². The highest BCUT2D eigenvalue weighted by Gasteiger charge is 2.24. The summed E-state index contributed by atoms with van der Waals surface area (Å²) < 4.78 is 11.0. The maximum atomic E-state index is 13.3. The number of hydrogen-bond acceptors (Lipinski definition) is 4. The smallest absolute Gasteiger partial charge is 0.254 e. The Labute approximate surface area is 169 Å². The third-order valence-corrected chi connectivity index (χ3v) is 5.24. The van der Waals surface area contributed by atoms with Gasteiger partial charge in [-0.2, -0.15) is 0 Å². The van der Waals surface area contributed by atoms with Crippen LogP contribution in [-0.4, -0.2) is 42.2 Å². The lowest BCUT2D eigenvalue weighted by Crippen LogP contribution is -2.38. The van der Waals surface area contributed by atoms with E-state index in [4.69, 9.17) is 9.47 Å². The molecule has 0 aliphatic carbocycles. The summed E-state index contributed by atoms with van der Waals surface area (Å²) in [6, 6.07) is 16.6. The third kappa shape index (κ3) is 4.32. The average molecular weight is 392 g/mol. The van der Waals surface area contributed by atoms with Crippen LogP contribution < -0.4 is 10.3 Å². The minimum Gasteiger partial charge on any atom is -0.497 e. The van der Waals surface area contributed by atoms with Crippen molar-refractivity contribution in [2.45, 2.75) is 25.5 Å². The monoisotopic (exact) mass is 392 g/mol. The van der Waals surface area contributed by atoms with Crippen molar-refractivity contribution in [3.05, 3.63) is 76.1 Å². The molecule has 0 radical (unpaired) electrons. The lowest BCUT2D eigenvalue weighted by Gasteiger charge is -2.25. The van der Waals surface area contributed by atoms with E-state index in [9.17, 15) is 9.59 Å². The number of hydrogen-bond donors (Lipinski definition) is 1. The number of benzene rings is 2. The molecule has 6 nitrogen and oxygen atoms in total. The van der Waals surface area contributed by atoms with Gasteiger partial charge in [-0.3, -0.25) is 9.59 Å². The van der Waals surface area contributed by atoms with Gasteiger partial charge in [-0.1, -0.05) is 24.3 Å². The number of carbonyl (C=O) groups is 1. The fourth-order valence-corrected chi connectivity index (χ4v) is 3.71. The highest BCUT2D eigenvalue weighted by Crippen LogP contribution is 2.20. The molecule has 1 saturated heterocycles. The quantitative estimate of drug-likeness (QED) is 0.698. The van der Waals surface area contributed by atoms with Gasteiger partial charge in [0, 0.05) is 29.8 Å². The Morgan fingerprint density at radius 2 is 2.07 bits per heavy atom. The lowest BCUT2D eigenvalue weighted by atomic mass is 10.1. The zero-order chi connectivity index (χ0) is 20.2. The number of amides is 1. The molecule has 0 spiro atoms. The Morgan fingerprint density at radius 1 is 1.21 bits per heavy atom. The molecule has 6 heteroatoms. The predicted octanol–water partition coefficient (Wildman–Crippen LogP) is 3.36. The van der Waals surface area contributed by atoms with Gasteiger partial charge >= 0.3 is 0 Å². The van der Waals surface area contributed by atoms with E-state index < -0.39 is 0 Å². The third-order valence-electron chi connectivity index (χ3n) is 5.24. The number of methoxy groups -OCH3 is 1. The summed E-state index contributed by atoms with van der Waals surface area (Å²) in [7, 11) is 1.57. The average Bonchev–Trinajstić information content (AvgIpc) is 3.26. The summed E-state index contributed by atoms with van der Waals surface area (Å²) in [5, 5.41) is 0.938. The molecule has 0 unspecified atom stereocenters. The zero-order valence-corrected chi connectivity index (χ0v) is 16.4. The maximum Gasteiger partial charge on any atom is 0.254 e. The van der Waals surface area contributed by atoms with E-state index in [-0.39, 0.29) is 24.1 Å². The molecule has 150 valence electrons. The van der Waals surface area contributed by atoms with Crippen LogP contribution in [-0.2, 0) is 11.3 Å². The highest BCUT2D eigenvalue weighted by molar-refractivity contribution is 5.94. The van der Waals surface area contributed by atoms with E-state index >= 15 is 0 Å². The van der Waals surface area contributed by atoms with E-state index in [0.717, 1.165) is 23.7 Å². The number of carbonyl (C=O) groups excluding carboxylic acids is 1. The van der Waals surface area contributed by atoms with Gasteiger partial charge in [-0.15, -0.1) is 0 Å². The van der Waals surface area contributed by atoms with Crippen molar-refractivity contribution >= 4 is 16.8 Å². The summed E-state index contributed by atoms with van der Waals surface area (Å²) in [5.41, 5.74) is 1.68. The van der Waals surface area contributed by atoms with Crippen LogP contribution in [0.2, 0.25) is 0 Å². The number of nitrogens with one attached hydrogen (secondary N) is 1. The first-order valence-corrected chi connectivity index (χ1v) is 9.80. The number of aromatic amines is 1. The molecule has 1 atom stereocenters. The van der Waals surface area contributed by atoms with Crippen molar-refractivity contribution in [2.75, 3.05) is 20.3 Å². The SMILES string of the molecule is COc1cccc(C(=O)N(Cc2cc3ccccc3[nH]c2=O)C[C@H]2CCCO2)c1. The predicted molar refractivity (Wildman–Crippen MR) is 111 cm³/mol. The molecule has 1 aromatic heterocycles. The molecular formula is C23H24N2O4. The van der Waals surface area contributed by atoms with Crippen molar-refractivity contribution in [3.8, 4) is 5.75 Å². The lowest BCUT2D eigenvalue weighted by molar-refractivity contribution is 0.0506. The topological polar surface area (TPSA) is 71.6 Å². The molecule has 29 heavy (non-hydrogen) atoms. The number of para-hydroxylation sites is 1. The molecule has 1 N–H and O–H groups in total. The molecule has 0 saturated carbocycles. The van der Waals surface area contributed by atoms with Gasteiger partial charge in [0.1, 0.15) is 5.75 Å². The fraction of sp³-hybridized carbons (Fsp3) is 0.304. The normalized spacial score (nSPS) is 16.1. The minimum atomic E-state index is -0.181. The van der Waals surface area contributed by atoms with Gasteiger partial charge in [0.2, 0.25) is 0 Å². The molecule has 1 aliphatic rings. The number of ether oxygens (including phenoxy) is 2. The molecular weight excluding hydrogens is 368 g/mol. The van der Waals surface area contributed by atoms with E-state index in [1.807, 2.05) is 30.3 Å². The molecule has 2 aromatic carbocycles. The largest absolute Gasteiger partial charge is 0.497 e. The maximum absolute atomic E-state index is 13.3. The highest BCUT2D eigenvalue weighted by atomic mass is 16.5. The van der Waals surface area contributed by atoms with Crippen molar-refractivity contribution in [3.63, 3.8) is 0 Å². The summed E-state index contributed by atoms with van der Waals surface area (Å²) in [5.74, 6) is 0.475. The van der Waals surface area contributed by atoms with Crippen LogP contribution in [0.25, 0.3) is 10.9 Å². The van der Waals surface area contributed by atoms with Gasteiger partial charge in [0.25, 0.3) is 11.5 Å². The van der Waals surface area contributed by atoms with Crippen LogP contribution in [0, 0.1) is 0 Å². The Kier molecular flexibility index (Phi) is 5.62. The Balaban J connectivity index is 1.65. The summed E-state index contributed by atoms with van der Waals surface area (Å²) >= 11 is 0. The molecule has 3 aromatic rings. The van der Waals surface area contributed by atoms with Crippen molar-refractivity contribution in [1.29, 1.82) is 0 Å². The van der Waals surface area contributed by atoms with Crippen LogP contribution in [0.5, 0.6) is 5.75 Å². The number of H-pyrrole nitrogens is 1. The second-order valence-electron chi connectivity index (χ2n) is 7.26. The number of pyridine rings is 1. The van der Waals surface area contributed by atoms with Crippen molar-refractivity contribution < 1.29 is 14.3 Å². The van der Waals surface area contributed by atoms with Gasteiger partial charge < -0.3 is 19.4 Å². The minimum absolute atomic E-state index is 0.0101. The first-order chi connectivity index (χ1) is 14.1. The number of nitrogens with zero attached hydrogens (tertiary/aromatic N) is 1. The summed E-state index contributed by atoms with van der Waals surface area (Å²) in [4.78, 5) is 30.5. The van der Waals surface area contributed by atoms with Gasteiger partial charge in [0.05, 0.1) is 19.8 Å². The molecule has 4 rings (SSSR count). The van der Waals surface area contributed by atoms with Crippen molar-refractivity contribution in [1.82, 2.24) is 9.88 Å². The van der Waals surface area contributed by atoms with E-state index in [1.165, 1.54) is 0 Å². The number of aromatic nitrogens is 1. The molecule has 1 aliphatic heterocycles. The zero-order valence-electron chi connectivity index (χ0n) is 16.4. The van der Waals surface area contributed by atoms with Crippen LogP contribution in [0.1, 0.15) is 28.8 Å². The van der Waals surface area contributed by atoms with Gasteiger partial charge in [-0.05, 0) is 48.6 Å². The van der Waals surface area contributed by atoms with Gasteiger partial charge in [-0.25, -0.2) is 0 Å². The molecule has 1 amide bonds. The molecule has 2 heterocycles. The van der Waals surface area contributed by atoms with E-state index in [0.29, 0.717) is 30.0 Å². The van der Waals surface area contributed by atoms with Crippen LogP contribution in [0.3, 0.4) is 0 Å². The van der Waals surface area contributed by atoms with Crippen LogP contribution in [0.4, 0.5) is 0 Å². The summed E-state index contributed by atoms with van der Waals surface area (Å²) in [6.07, 6.45) is 1.89. The number of rotatable bonds is 6. The van der Waals surface area contributed by atoms with Crippen LogP contribution in [0.15, 0.2) is 59.4 Å². The second kappa shape index (κ2) is 8.49. The van der Waals surface area contributed by atoms with Gasteiger partial charge in [0.15, 0.2) is 0 Å². The first kappa shape index (κ1) is 19.2. The van der Waals surface area contributed by atoms with Crippen LogP contribution >= 0.6 is 0 Å². The Morgan fingerprint density at radius 3 is 2.86 bits per heavy atom. The fourth-order valence-electron chi connectivity index (χ4n) is 3.71. The standard InChI is InChI=1S/C23H24N2O4/c1-28-19-8-4-7-17(13-19)23(27)25(15-20-9-5-11-29-20)14-18-12-16-6-2-3-10-21(16)24-22(18)26/h2-4,6-8,10,12-13,20H,5,9,11,14-15H2,1H3,(H,24,26)/t20-/m1/s1. The van der Waals surface area contributed by atoms with Crippen molar-refractivity contribution in [2.24, 2.45) is 0 Å². The number of fused-ring (bicyclic) bond motifs is 1. The Bertz CT molecular complexity index is 1070. The van der Waals surface area contributed by atoms with E-state index in [2.05, 4.69) is 4.98 Å². The second-order valence-corrected chi connectivity index (χ2v) is 7.26.